The fraction of sp³-hybridized carbons (Fsp3) is 0.278. The smallest absolute Gasteiger partial charge is 0.243 e. The molecule has 1 heterocycles. The zero-order valence-electron chi connectivity index (χ0n) is 15.1. The van der Waals surface area contributed by atoms with Gasteiger partial charge in [0.05, 0.1) is 17.7 Å². The predicted octanol–water partition coefficient (Wildman–Crippen LogP) is 3.19. The molecule has 28 heavy (non-hydrogen) atoms. The molecule has 0 atom stereocenters. The summed E-state index contributed by atoms with van der Waals surface area (Å²) in [6, 6.07) is 9.99. The highest BCUT2D eigenvalue weighted by Gasteiger charge is 2.29. The quantitative estimate of drug-likeness (QED) is 0.732. The van der Waals surface area contributed by atoms with E-state index in [1.165, 1.54) is 16.4 Å². The summed E-state index contributed by atoms with van der Waals surface area (Å²) < 4.78 is 45.1. The van der Waals surface area contributed by atoms with Crippen molar-refractivity contribution in [2.24, 2.45) is 0 Å². The van der Waals surface area contributed by atoms with Crippen LogP contribution in [0.3, 0.4) is 0 Å². The summed E-state index contributed by atoms with van der Waals surface area (Å²) in [4.78, 5) is 1.96. The molecule has 0 aliphatic carbocycles. The monoisotopic (exact) mass is 443 g/mol. The van der Waals surface area contributed by atoms with E-state index in [2.05, 4.69) is 5.32 Å². The summed E-state index contributed by atoms with van der Waals surface area (Å²) in [6.45, 7) is 1.40. The molecule has 0 radical (unpaired) electrons. The Morgan fingerprint density at radius 1 is 1.14 bits per heavy atom. The number of piperazine rings is 1. The van der Waals surface area contributed by atoms with E-state index in [1.54, 1.807) is 25.3 Å². The van der Waals surface area contributed by atoms with E-state index in [1.807, 2.05) is 4.90 Å². The van der Waals surface area contributed by atoms with Crippen LogP contribution in [0.2, 0.25) is 5.02 Å². The van der Waals surface area contributed by atoms with Crippen LogP contribution in [0, 0.1) is 5.82 Å². The van der Waals surface area contributed by atoms with Gasteiger partial charge in [0.25, 0.3) is 0 Å². The molecule has 3 rings (SSSR count). The van der Waals surface area contributed by atoms with Crippen LogP contribution in [0.25, 0.3) is 0 Å². The fourth-order valence-corrected chi connectivity index (χ4v) is 4.75. The maximum absolute atomic E-state index is 13.1. The highest BCUT2D eigenvalue weighted by Crippen LogP contribution is 2.28. The molecule has 1 N–H and O–H groups in total. The first-order valence-corrected chi connectivity index (χ1v) is 10.7. The summed E-state index contributed by atoms with van der Waals surface area (Å²) in [6.07, 6.45) is 0. The first-order chi connectivity index (χ1) is 13.3. The van der Waals surface area contributed by atoms with Crippen molar-refractivity contribution >= 4 is 44.6 Å². The average molecular weight is 444 g/mol. The van der Waals surface area contributed by atoms with Gasteiger partial charge >= 0.3 is 0 Å². The van der Waals surface area contributed by atoms with Gasteiger partial charge < -0.3 is 15.0 Å². The second kappa shape index (κ2) is 8.60. The molecule has 0 amide bonds. The zero-order chi connectivity index (χ0) is 20.3. The molecule has 0 aromatic heterocycles. The molecule has 1 aliphatic rings. The lowest BCUT2D eigenvalue weighted by Crippen LogP contribution is -2.51. The van der Waals surface area contributed by atoms with Crippen LogP contribution >= 0.6 is 23.8 Å². The molecule has 2 aromatic carbocycles. The number of thiocarbonyl (C=S) groups is 1. The fourth-order valence-electron chi connectivity index (χ4n) is 2.86. The molecule has 6 nitrogen and oxygen atoms in total. The Morgan fingerprint density at radius 2 is 1.79 bits per heavy atom. The van der Waals surface area contributed by atoms with Gasteiger partial charge in [-0.3, -0.25) is 0 Å². The molecule has 0 saturated carbocycles. The van der Waals surface area contributed by atoms with Gasteiger partial charge in [-0.25, -0.2) is 12.8 Å². The second-order valence-electron chi connectivity index (χ2n) is 6.12. The number of anilines is 1. The Balaban J connectivity index is 1.64. The van der Waals surface area contributed by atoms with Gasteiger partial charge in [-0.15, -0.1) is 0 Å². The van der Waals surface area contributed by atoms with Crippen LogP contribution in [0.15, 0.2) is 47.4 Å². The zero-order valence-corrected chi connectivity index (χ0v) is 17.5. The van der Waals surface area contributed by atoms with Crippen molar-refractivity contribution in [2.45, 2.75) is 4.90 Å². The van der Waals surface area contributed by atoms with Crippen LogP contribution in [-0.2, 0) is 10.0 Å². The average Bonchev–Trinajstić information content (AvgIpc) is 2.68. The number of ether oxygens (including phenoxy) is 1. The summed E-state index contributed by atoms with van der Waals surface area (Å²) in [5.41, 5.74) is 0.640. The maximum atomic E-state index is 13.1. The second-order valence-corrected chi connectivity index (χ2v) is 8.88. The van der Waals surface area contributed by atoms with Crippen LogP contribution in [0.1, 0.15) is 0 Å². The minimum Gasteiger partial charge on any atom is -0.495 e. The van der Waals surface area contributed by atoms with Crippen molar-refractivity contribution in [3.63, 3.8) is 0 Å². The lowest BCUT2D eigenvalue weighted by atomic mass is 10.3. The SMILES string of the molecule is COc1ccc(Cl)cc1NC(=S)N1CCN(S(=O)(=O)c2ccc(F)cc2)CC1. The normalized spacial score (nSPS) is 15.3. The van der Waals surface area contributed by atoms with Crippen LogP contribution in [0.4, 0.5) is 10.1 Å². The van der Waals surface area contributed by atoms with E-state index in [9.17, 15) is 12.8 Å². The van der Waals surface area contributed by atoms with Gasteiger partial charge in [0, 0.05) is 31.2 Å². The van der Waals surface area contributed by atoms with Crippen molar-refractivity contribution in [1.29, 1.82) is 0 Å². The topological polar surface area (TPSA) is 61.9 Å². The molecule has 2 aromatic rings. The Hall–Kier alpha value is -1.94. The third-order valence-electron chi connectivity index (χ3n) is 4.38. The van der Waals surface area contributed by atoms with E-state index in [-0.39, 0.29) is 18.0 Å². The van der Waals surface area contributed by atoms with Crippen molar-refractivity contribution in [3.05, 3.63) is 53.3 Å². The van der Waals surface area contributed by atoms with Crippen molar-refractivity contribution in [1.82, 2.24) is 9.21 Å². The Kier molecular flexibility index (Phi) is 6.39. The van der Waals surface area contributed by atoms with E-state index in [4.69, 9.17) is 28.6 Å². The molecule has 0 unspecified atom stereocenters. The molecular formula is C18H19ClFN3O3S2. The minimum absolute atomic E-state index is 0.0757. The van der Waals surface area contributed by atoms with Gasteiger partial charge in [0.2, 0.25) is 10.0 Å². The number of rotatable bonds is 4. The number of halogens is 2. The standard InChI is InChI=1S/C18H19ClFN3O3S2/c1-26-17-7-2-13(19)12-16(17)21-18(27)22-8-10-23(11-9-22)28(24,25)15-5-3-14(20)4-6-15/h2-7,12H,8-11H2,1H3,(H,21,27). The van der Waals surface area contributed by atoms with E-state index < -0.39 is 15.8 Å². The first kappa shape index (κ1) is 20.8. The maximum Gasteiger partial charge on any atom is 0.243 e. The number of benzene rings is 2. The highest BCUT2D eigenvalue weighted by molar-refractivity contribution is 7.89. The number of nitrogens with one attached hydrogen (secondary N) is 1. The number of hydrogen-bond acceptors (Lipinski definition) is 4. The number of sulfonamides is 1. The van der Waals surface area contributed by atoms with Gasteiger partial charge in [-0.05, 0) is 54.7 Å². The van der Waals surface area contributed by atoms with Crippen molar-refractivity contribution in [2.75, 3.05) is 38.6 Å². The third kappa shape index (κ3) is 4.54. The predicted molar refractivity (Wildman–Crippen MR) is 111 cm³/mol. The Bertz CT molecular complexity index is 963. The van der Waals surface area contributed by atoms with E-state index in [0.717, 1.165) is 12.1 Å². The lowest BCUT2D eigenvalue weighted by molar-refractivity contribution is 0.268. The van der Waals surface area contributed by atoms with E-state index >= 15 is 0 Å². The van der Waals surface area contributed by atoms with E-state index in [0.29, 0.717) is 34.7 Å². The molecule has 10 heteroatoms. The summed E-state index contributed by atoms with van der Waals surface area (Å²) in [5.74, 6) is 0.126. The molecule has 1 fully saturated rings. The van der Waals surface area contributed by atoms with Gasteiger partial charge in [-0.1, -0.05) is 11.6 Å². The summed E-state index contributed by atoms with van der Waals surface area (Å²) >= 11 is 11.5. The molecule has 0 spiro atoms. The molecule has 1 aliphatic heterocycles. The minimum atomic E-state index is -3.66. The number of hydrogen-bond donors (Lipinski definition) is 1. The Morgan fingerprint density at radius 3 is 2.39 bits per heavy atom. The number of methoxy groups -OCH3 is 1. The van der Waals surface area contributed by atoms with Crippen LogP contribution < -0.4 is 10.1 Å². The third-order valence-corrected chi connectivity index (χ3v) is 6.89. The van der Waals surface area contributed by atoms with Crippen LogP contribution in [-0.4, -0.2) is 56.0 Å². The molecular weight excluding hydrogens is 425 g/mol. The van der Waals surface area contributed by atoms with Gasteiger partial charge in [0.15, 0.2) is 5.11 Å². The first-order valence-electron chi connectivity index (χ1n) is 8.46. The number of nitrogens with zero attached hydrogens (tertiary/aromatic N) is 2. The molecule has 1 saturated heterocycles. The summed E-state index contributed by atoms with van der Waals surface area (Å²) in [5, 5.41) is 4.10. The van der Waals surface area contributed by atoms with Gasteiger partial charge in [0.1, 0.15) is 11.6 Å². The highest BCUT2D eigenvalue weighted by atomic mass is 35.5. The van der Waals surface area contributed by atoms with Crippen molar-refractivity contribution < 1.29 is 17.5 Å². The van der Waals surface area contributed by atoms with Gasteiger partial charge in [-0.2, -0.15) is 4.31 Å². The largest absolute Gasteiger partial charge is 0.495 e. The Labute approximate surface area is 173 Å². The lowest BCUT2D eigenvalue weighted by Gasteiger charge is -2.35. The molecule has 0 bridgehead atoms. The summed E-state index contributed by atoms with van der Waals surface area (Å²) in [7, 11) is -2.11. The van der Waals surface area contributed by atoms with Crippen LogP contribution in [0.5, 0.6) is 5.75 Å². The molecule has 150 valence electrons. The van der Waals surface area contributed by atoms with Crippen molar-refractivity contribution in [3.8, 4) is 5.75 Å².